The Labute approximate surface area is 167 Å². The monoisotopic (exact) mass is 399 g/mol. The van der Waals surface area contributed by atoms with E-state index in [0.717, 1.165) is 40.2 Å². The molecule has 1 atom stereocenters. The van der Waals surface area contributed by atoms with Gasteiger partial charge in [0.15, 0.2) is 0 Å². The van der Waals surface area contributed by atoms with Gasteiger partial charge in [-0.25, -0.2) is 4.98 Å². The molecule has 1 aromatic carbocycles. The smallest absolute Gasteiger partial charge is 0.263 e. The molecule has 4 nitrogen and oxygen atoms in total. The van der Waals surface area contributed by atoms with Crippen LogP contribution < -0.4 is 11.1 Å². The lowest BCUT2D eigenvalue weighted by molar-refractivity contribution is 0.0956. The Hall–Kier alpha value is -2.11. The number of hydrogen-bond acceptors (Lipinski definition) is 4. The number of anilines is 1. The lowest BCUT2D eigenvalue weighted by Gasteiger charge is -2.22. The summed E-state index contributed by atoms with van der Waals surface area (Å²) in [5.74, 6) is 0.537. The van der Waals surface area contributed by atoms with Crippen LogP contribution in [0.2, 0.25) is 5.02 Å². The Morgan fingerprint density at radius 2 is 2.22 bits per heavy atom. The molecular formula is C21H22ClN3OS. The number of pyridine rings is 1. The Morgan fingerprint density at radius 1 is 1.41 bits per heavy atom. The SMILES string of the molecule is CC[C@H]1CCc2nc3sc(C(=O)NCc4ccccc4Cl)c(N)c3cc2C1. The van der Waals surface area contributed by atoms with Gasteiger partial charge < -0.3 is 11.1 Å². The molecular weight excluding hydrogens is 378 g/mol. The molecule has 0 fully saturated rings. The topological polar surface area (TPSA) is 68.0 Å². The Kier molecular flexibility index (Phi) is 5.06. The number of carbonyl (C=O) groups excluding carboxylic acids is 1. The van der Waals surface area contributed by atoms with Gasteiger partial charge in [-0.05, 0) is 48.4 Å². The van der Waals surface area contributed by atoms with Gasteiger partial charge in [-0.1, -0.05) is 43.1 Å². The molecule has 0 bridgehead atoms. The van der Waals surface area contributed by atoms with Gasteiger partial charge in [0.1, 0.15) is 9.71 Å². The third-order valence-electron chi connectivity index (χ3n) is 5.37. The van der Waals surface area contributed by atoms with E-state index in [-0.39, 0.29) is 5.91 Å². The van der Waals surface area contributed by atoms with E-state index >= 15 is 0 Å². The van der Waals surface area contributed by atoms with Gasteiger partial charge in [0.05, 0.1) is 5.69 Å². The molecule has 27 heavy (non-hydrogen) atoms. The molecule has 2 heterocycles. The first-order chi connectivity index (χ1) is 13.1. The standard InChI is InChI=1S/C21H22ClN3OS/c1-2-12-7-8-17-14(9-12)10-15-18(23)19(27-21(15)25-17)20(26)24-11-13-5-3-4-6-16(13)22/h3-6,10,12H,2,7-9,11,23H2,1H3,(H,24,26)/t12-/m0/s1. The van der Waals surface area contributed by atoms with E-state index in [1.165, 1.54) is 29.7 Å². The molecule has 4 rings (SSSR count). The number of halogens is 1. The van der Waals surface area contributed by atoms with E-state index in [1.807, 2.05) is 24.3 Å². The molecule has 0 spiro atoms. The van der Waals surface area contributed by atoms with Crippen LogP contribution in [0.1, 0.15) is 46.3 Å². The Bertz CT molecular complexity index is 1010. The first kappa shape index (κ1) is 18.3. The molecule has 3 N–H and O–H groups in total. The van der Waals surface area contributed by atoms with Crippen molar-refractivity contribution in [1.82, 2.24) is 10.3 Å². The Balaban J connectivity index is 1.60. The predicted molar refractivity (Wildman–Crippen MR) is 112 cm³/mol. The zero-order chi connectivity index (χ0) is 19.0. The van der Waals surface area contributed by atoms with Gasteiger partial charge in [-0.15, -0.1) is 11.3 Å². The minimum atomic E-state index is -0.181. The summed E-state index contributed by atoms with van der Waals surface area (Å²) in [6.07, 6.45) is 4.44. The first-order valence-corrected chi connectivity index (χ1v) is 10.5. The van der Waals surface area contributed by atoms with Crippen LogP contribution in [0.4, 0.5) is 5.69 Å². The third-order valence-corrected chi connectivity index (χ3v) is 6.85. The molecule has 0 radical (unpaired) electrons. The number of nitrogens with two attached hydrogens (primary N) is 1. The van der Waals surface area contributed by atoms with E-state index in [9.17, 15) is 4.79 Å². The first-order valence-electron chi connectivity index (χ1n) is 9.29. The van der Waals surface area contributed by atoms with E-state index in [1.54, 1.807) is 0 Å². The third kappa shape index (κ3) is 3.54. The number of thiophene rings is 1. The predicted octanol–water partition coefficient (Wildman–Crippen LogP) is 4.98. The summed E-state index contributed by atoms with van der Waals surface area (Å²) in [5.41, 5.74) is 10.2. The van der Waals surface area contributed by atoms with Crippen molar-refractivity contribution in [2.24, 2.45) is 5.92 Å². The molecule has 6 heteroatoms. The maximum atomic E-state index is 12.7. The molecule has 1 amide bonds. The zero-order valence-electron chi connectivity index (χ0n) is 15.2. The van der Waals surface area contributed by atoms with Crippen LogP contribution in [-0.2, 0) is 19.4 Å². The second kappa shape index (κ2) is 7.49. The quantitative estimate of drug-likeness (QED) is 0.650. The highest BCUT2D eigenvalue weighted by atomic mass is 35.5. The zero-order valence-corrected chi connectivity index (χ0v) is 16.8. The molecule has 1 aliphatic rings. The van der Waals surface area contributed by atoms with Crippen molar-refractivity contribution >= 4 is 44.7 Å². The summed E-state index contributed by atoms with van der Waals surface area (Å²) >= 11 is 7.53. The van der Waals surface area contributed by atoms with Gasteiger partial charge in [0, 0.05) is 22.6 Å². The largest absolute Gasteiger partial charge is 0.397 e. The summed E-state index contributed by atoms with van der Waals surface area (Å²) in [7, 11) is 0. The molecule has 0 unspecified atom stereocenters. The van der Waals surface area contributed by atoms with Crippen molar-refractivity contribution in [3.05, 3.63) is 57.1 Å². The molecule has 0 aliphatic heterocycles. The van der Waals surface area contributed by atoms with Gasteiger partial charge in [0.2, 0.25) is 0 Å². The van der Waals surface area contributed by atoms with E-state index in [4.69, 9.17) is 22.3 Å². The van der Waals surface area contributed by atoms with Crippen LogP contribution in [0.15, 0.2) is 30.3 Å². The Morgan fingerprint density at radius 3 is 3.00 bits per heavy atom. The van der Waals surface area contributed by atoms with Crippen molar-refractivity contribution in [2.45, 2.75) is 39.2 Å². The van der Waals surface area contributed by atoms with Crippen molar-refractivity contribution in [3.63, 3.8) is 0 Å². The van der Waals surface area contributed by atoms with Crippen LogP contribution in [0.3, 0.4) is 0 Å². The van der Waals surface area contributed by atoms with E-state index < -0.39 is 0 Å². The lowest BCUT2D eigenvalue weighted by atomic mass is 9.85. The second-order valence-corrected chi connectivity index (χ2v) is 8.49. The van der Waals surface area contributed by atoms with E-state index in [2.05, 4.69) is 18.3 Å². The molecule has 2 aromatic heterocycles. The summed E-state index contributed by atoms with van der Waals surface area (Å²) in [5, 5.41) is 4.46. The van der Waals surface area contributed by atoms with Gasteiger partial charge in [-0.3, -0.25) is 4.79 Å². The van der Waals surface area contributed by atoms with Gasteiger partial charge in [0.25, 0.3) is 5.91 Å². The fourth-order valence-electron chi connectivity index (χ4n) is 3.68. The number of fused-ring (bicyclic) bond motifs is 2. The number of carbonyl (C=O) groups is 1. The molecule has 140 valence electrons. The lowest BCUT2D eigenvalue weighted by Crippen LogP contribution is -2.22. The minimum Gasteiger partial charge on any atom is -0.397 e. The summed E-state index contributed by atoms with van der Waals surface area (Å²) in [6, 6.07) is 9.63. The number of hydrogen-bond donors (Lipinski definition) is 2. The number of nitrogens with zero attached hydrogens (tertiary/aromatic N) is 1. The van der Waals surface area contributed by atoms with Crippen LogP contribution in [0.5, 0.6) is 0 Å². The normalized spacial score (nSPS) is 16.3. The maximum absolute atomic E-state index is 12.7. The maximum Gasteiger partial charge on any atom is 0.263 e. The van der Waals surface area contributed by atoms with Crippen molar-refractivity contribution in [3.8, 4) is 0 Å². The van der Waals surface area contributed by atoms with Gasteiger partial charge >= 0.3 is 0 Å². The highest BCUT2D eigenvalue weighted by Crippen LogP contribution is 2.36. The number of aryl methyl sites for hydroxylation is 1. The van der Waals surface area contributed by atoms with Crippen molar-refractivity contribution < 1.29 is 4.79 Å². The summed E-state index contributed by atoms with van der Waals surface area (Å²) in [4.78, 5) is 18.9. The van der Waals surface area contributed by atoms with Crippen molar-refractivity contribution in [2.75, 3.05) is 5.73 Å². The molecule has 0 saturated heterocycles. The number of benzene rings is 1. The average Bonchev–Trinajstić information content (AvgIpc) is 3.01. The van der Waals surface area contributed by atoms with E-state index in [0.29, 0.717) is 22.1 Å². The van der Waals surface area contributed by atoms with Crippen molar-refractivity contribution in [1.29, 1.82) is 0 Å². The van der Waals surface area contributed by atoms with Crippen LogP contribution in [-0.4, -0.2) is 10.9 Å². The minimum absolute atomic E-state index is 0.181. The van der Waals surface area contributed by atoms with Crippen LogP contribution in [0.25, 0.3) is 10.2 Å². The second-order valence-electron chi connectivity index (χ2n) is 7.08. The van der Waals surface area contributed by atoms with Crippen LogP contribution in [0, 0.1) is 5.92 Å². The average molecular weight is 400 g/mol. The van der Waals surface area contributed by atoms with Gasteiger partial charge in [-0.2, -0.15) is 0 Å². The fourth-order valence-corrected chi connectivity index (χ4v) is 4.90. The fraction of sp³-hybridized carbons (Fsp3) is 0.333. The number of nitrogen functional groups attached to an aromatic ring is 1. The number of amides is 1. The molecule has 0 saturated carbocycles. The number of aromatic nitrogens is 1. The highest BCUT2D eigenvalue weighted by molar-refractivity contribution is 7.21. The molecule has 1 aliphatic carbocycles. The summed E-state index contributed by atoms with van der Waals surface area (Å²) < 4.78 is 0. The number of rotatable bonds is 4. The molecule has 3 aromatic rings. The van der Waals surface area contributed by atoms with Crippen LogP contribution >= 0.6 is 22.9 Å². The summed E-state index contributed by atoms with van der Waals surface area (Å²) in [6.45, 7) is 2.61. The number of nitrogens with one attached hydrogen (secondary N) is 1. The highest BCUT2D eigenvalue weighted by Gasteiger charge is 2.23.